The van der Waals surface area contributed by atoms with Gasteiger partial charge in [-0.25, -0.2) is 13.6 Å². The quantitative estimate of drug-likeness (QED) is 0.808. The summed E-state index contributed by atoms with van der Waals surface area (Å²) in [7, 11) is -1.76. The number of anilines is 1. The Morgan fingerprint density at radius 2 is 1.92 bits per heavy atom. The monoisotopic (exact) mass is 375 g/mol. The lowest BCUT2D eigenvalue weighted by atomic mass is 10.1. The van der Waals surface area contributed by atoms with Crippen molar-refractivity contribution in [2.75, 3.05) is 25.0 Å². The number of ether oxygens (including phenoxy) is 1. The first-order valence-corrected chi connectivity index (χ1v) is 9.75. The number of nitrogens with two attached hydrogens (primary N) is 1. The van der Waals surface area contributed by atoms with Crippen molar-refractivity contribution >= 4 is 21.6 Å². The molecule has 1 unspecified atom stereocenters. The first kappa shape index (κ1) is 18.2. The third-order valence-electron chi connectivity index (χ3n) is 4.24. The molecular weight excluding hydrogens is 354 g/mol. The summed E-state index contributed by atoms with van der Waals surface area (Å²) in [6.07, 6.45) is 0.00939. The van der Waals surface area contributed by atoms with E-state index >= 15 is 0 Å². The second-order valence-electron chi connectivity index (χ2n) is 6.18. The van der Waals surface area contributed by atoms with Crippen molar-refractivity contribution in [1.82, 2.24) is 5.32 Å². The van der Waals surface area contributed by atoms with Crippen LogP contribution in [0.3, 0.4) is 0 Å². The van der Waals surface area contributed by atoms with Gasteiger partial charge in [0, 0.05) is 13.6 Å². The van der Waals surface area contributed by atoms with Crippen LogP contribution in [-0.4, -0.2) is 40.6 Å². The van der Waals surface area contributed by atoms with Gasteiger partial charge < -0.3 is 15.0 Å². The summed E-state index contributed by atoms with van der Waals surface area (Å²) < 4.78 is 28.3. The van der Waals surface area contributed by atoms with Gasteiger partial charge in [0.25, 0.3) is 5.91 Å². The van der Waals surface area contributed by atoms with E-state index in [0.717, 1.165) is 11.3 Å². The number of benzene rings is 2. The zero-order chi connectivity index (χ0) is 18.7. The van der Waals surface area contributed by atoms with E-state index in [0.29, 0.717) is 25.3 Å². The molecule has 26 heavy (non-hydrogen) atoms. The van der Waals surface area contributed by atoms with Gasteiger partial charge in [0.2, 0.25) is 10.0 Å². The van der Waals surface area contributed by atoms with Gasteiger partial charge >= 0.3 is 0 Å². The Morgan fingerprint density at radius 1 is 1.23 bits per heavy atom. The zero-order valence-electron chi connectivity index (χ0n) is 14.4. The van der Waals surface area contributed by atoms with Crippen molar-refractivity contribution in [3.63, 3.8) is 0 Å². The third-order valence-corrected chi connectivity index (χ3v) is 5.17. The standard InChI is InChI=1S/C18H21N3O4S/c1-21-12-17(25-16-5-3-2-4-15(16)21)18(22)20-11-10-13-6-8-14(9-7-13)26(19,23)24/h2-9,17H,10-12H2,1H3,(H,20,22)(H2,19,23,24). The number of hydrogen-bond acceptors (Lipinski definition) is 5. The second-order valence-corrected chi connectivity index (χ2v) is 7.75. The molecule has 1 aliphatic heterocycles. The topological polar surface area (TPSA) is 102 Å². The van der Waals surface area contributed by atoms with E-state index in [1.165, 1.54) is 12.1 Å². The van der Waals surface area contributed by atoms with Gasteiger partial charge in [0.05, 0.1) is 17.1 Å². The molecule has 0 radical (unpaired) electrons. The molecule has 0 saturated carbocycles. The second kappa shape index (κ2) is 7.35. The van der Waals surface area contributed by atoms with Crippen molar-refractivity contribution in [3.8, 4) is 5.75 Å². The Morgan fingerprint density at radius 3 is 2.62 bits per heavy atom. The summed E-state index contributed by atoms with van der Waals surface area (Å²) in [6, 6.07) is 13.9. The molecule has 1 aliphatic rings. The number of amides is 1. The van der Waals surface area contributed by atoms with Crippen molar-refractivity contribution in [2.45, 2.75) is 17.4 Å². The lowest BCUT2D eigenvalue weighted by molar-refractivity contribution is -0.127. The smallest absolute Gasteiger partial charge is 0.262 e. The van der Waals surface area contributed by atoms with E-state index < -0.39 is 16.1 Å². The normalized spacial score (nSPS) is 16.5. The molecule has 1 amide bonds. The minimum atomic E-state index is -3.69. The van der Waals surface area contributed by atoms with Crippen molar-refractivity contribution in [2.24, 2.45) is 5.14 Å². The van der Waals surface area contributed by atoms with Crippen LogP contribution in [0.25, 0.3) is 0 Å². The van der Waals surface area contributed by atoms with Crippen LogP contribution in [0.4, 0.5) is 5.69 Å². The summed E-state index contributed by atoms with van der Waals surface area (Å²) in [5.41, 5.74) is 1.87. The molecule has 0 spiro atoms. The highest BCUT2D eigenvalue weighted by molar-refractivity contribution is 7.89. The van der Waals surface area contributed by atoms with Crippen LogP contribution < -0.4 is 20.1 Å². The minimum absolute atomic E-state index is 0.0718. The van der Waals surface area contributed by atoms with Crippen LogP contribution in [0.2, 0.25) is 0 Å². The molecular formula is C18H21N3O4S. The number of carbonyl (C=O) groups is 1. The van der Waals surface area contributed by atoms with E-state index in [1.54, 1.807) is 12.1 Å². The Kier molecular flexibility index (Phi) is 5.15. The summed E-state index contributed by atoms with van der Waals surface area (Å²) in [6.45, 7) is 0.907. The highest BCUT2D eigenvalue weighted by atomic mass is 32.2. The molecule has 138 valence electrons. The Balaban J connectivity index is 1.53. The average molecular weight is 375 g/mol. The number of hydrogen-bond donors (Lipinski definition) is 2. The fraction of sp³-hybridized carbons (Fsp3) is 0.278. The Hall–Kier alpha value is -2.58. The molecule has 1 atom stereocenters. The van der Waals surface area contributed by atoms with Gasteiger partial charge in [-0.15, -0.1) is 0 Å². The van der Waals surface area contributed by atoms with Gasteiger partial charge in [-0.1, -0.05) is 24.3 Å². The summed E-state index contributed by atoms with van der Waals surface area (Å²) in [5, 5.41) is 7.94. The molecule has 2 aromatic carbocycles. The maximum atomic E-state index is 12.4. The van der Waals surface area contributed by atoms with Gasteiger partial charge in [0.1, 0.15) is 5.75 Å². The Bertz CT molecular complexity index is 897. The molecule has 3 N–H and O–H groups in total. The molecule has 0 aromatic heterocycles. The number of carbonyl (C=O) groups excluding carboxylic acids is 1. The van der Waals surface area contributed by atoms with Crippen molar-refractivity contribution in [3.05, 3.63) is 54.1 Å². The van der Waals surface area contributed by atoms with E-state index in [-0.39, 0.29) is 10.8 Å². The molecule has 0 bridgehead atoms. The van der Waals surface area contributed by atoms with Crippen LogP contribution in [0, 0.1) is 0 Å². The van der Waals surface area contributed by atoms with E-state index in [2.05, 4.69) is 5.32 Å². The molecule has 0 aliphatic carbocycles. The van der Waals surface area contributed by atoms with Gasteiger partial charge in [0.15, 0.2) is 6.10 Å². The summed E-state index contributed by atoms with van der Waals surface area (Å²) in [5.74, 6) is 0.521. The number of nitrogens with one attached hydrogen (secondary N) is 1. The number of nitrogens with zero attached hydrogens (tertiary/aromatic N) is 1. The van der Waals surface area contributed by atoms with Crippen LogP contribution in [0.15, 0.2) is 53.4 Å². The number of likely N-dealkylation sites (N-methyl/N-ethyl adjacent to an activating group) is 1. The lowest BCUT2D eigenvalue weighted by Gasteiger charge is -2.32. The van der Waals surface area contributed by atoms with Crippen LogP contribution in [0.1, 0.15) is 5.56 Å². The molecule has 2 aromatic rings. The van der Waals surface area contributed by atoms with Crippen LogP contribution >= 0.6 is 0 Å². The molecule has 7 nitrogen and oxygen atoms in total. The van der Waals surface area contributed by atoms with Crippen molar-refractivity contribution in [1.29, 1.82) is 0 Å². The zero-order valence-corrected chi connectivity index (χ0v) is 15.2. The maximum Gasteiger partial charge on any atom is 0.262 e. The summed E-state index contributed by atoms with van der Waals surface area (Å²) in [4.78, 5) is 14.4. The highest BCUT2D eigenvalue weighted by Crippen LogP contribution is 2.31. The van der Waals surface area contributed by atoms with Crippen LogP contribution in [0.5, 0.6) is 5.75 Å². The minimum Gasteiger partial charge on any atom is -0.477 e. The highest BCUT2D eigenvalue weighted by Gasteiger charge is 2.28. The molecule has 3 rings (SSSR count). The molecule has 1 heterocycles. The Labute approximate surface area is 152 Å². The SMILES string of the molecule is CN1CC(C(=O)NCCc2ccc(S(N)(=O)=O)cc2)Oc2ccccc21. The molecule has 8 heteroatoms. The van der Waals surface area contributed by atoms with Crippen molar-refractivity contribution < 1.29 is 17.9 Å². The number of fused-ring (bicyclic) bond motifs is 1. The number of para-hydroxylation sites is 2. The van der Waals surface area contributed by atoms with Crippen LogP contribution in [-0.2, 0) is 21.2 Å². The lowest BCUT2D eigenvalue weighted by Crippen LogP contribution is -2.48. The first-order valence-electron chi connectivity index (χ1n) is 8.21. The molecule has 0 fully saturated rings. The maximum absolute atomic E-state index is 12.4. The van der Waals surface area contributed by atoms with Gasteiger partial charge in [-0.2, -0.15) is 0 Å². The first-order chi connectivity index (χ1) is 12.3. The molecule has 0 saturated heterocycles. The largest absolute Gasteiger partial charge is 0.477 e. The fourth-order valence-corrected chi connectivity index (χ4v) is 3.35. The van der Waals surface area contributed by atoms with Gasteiger partial charge in [-0.05, 0) is 36.2 Å². The van der Waals surface area contributed by atoms with E-state index in [9.17, 15) is 13.2 Å². The predicted molar refractivity (Wildman–Crippen MR) is 98.7 cm³/mol. The fourth-order valence-electron chi connectivity index (χ4n) is 2.84. The average Bonchev–Trinajstić information content (AvgIpc) is 2.61. The number of sulfonamides is 1. The summed E-state index contributed by atoms with van der Waals surface area (Å²) >= 11 is 0. The predicted octanol–water partition coefficient (Wildman–Crippen LogP) is 0.890. The number of rotatable bonds is 5. The third kappa shape index (κ3) is 4.14. The van der Waals surface area contributed by atoms with E-state index in [4.69, 9.17) is 9.88 Å². The van der Waals surface area contributed by atoms with E-state index in [1.807, 2.05) is 36.2 Å². The van der Waals surface area contributed by atoms with Gasteiger partial charge in [-0.3, -0.25) is 4.79 Å². The number of primary sulfonamides is 1.